The monoisotopic (exact) mass is 267 g/mol. The van der Waals surface area contributed by atoms with Crippen LogP contribution in [0.25, 0.3) is 0 Å². The van der Waals surface area contributed by atoms with Crippen molar-refractivity contribution in [3.8, 4) is 6.07 Å². The second-order valence-corrected chi connectivity index (χ2v) is 4.16. The number of carbonyl (C=O) groups is 1. The number of benzene rings is 1. The van der Waals surface area contributed by atoms with E-state index in [0.717, 1.165) is 12.1 Å². The second kappa shape index (κ2) is 6.69. The molecular formula is C13H15F2N3O. The summed E-state index contributed by atoms with van der Waals surface area (Å²) >= 11 is 0. The number of anilines is 1. The molecule has 1 aromatic carbocycles. The van der Waals surface area contributed by atoms with E-state index in [0.29, 0.717) is 19.5 Å². The van der Waals surface area contributed by atoms with Crippen molar-refractivity contribution < 1.29 is 13.6 Å². The number of carbonyl (C=O) groups excluding carboxylic acids is 1. The van der Waals surface area contributed by atoms with Crippen LogP contribution in [0.1, 0.15) is 18.9 Å². The van der Waals surface area contributed by atoms with E-state index < -0.39 is 11.6 Å². The predicted molar refractivity (Wildman–Crippen MR) is 67.6 cm³/mol. The molecule has 0 atom stereocenters. The van der Waals surface area contributed by atoms with Gasteiger partial charge in [0.25, 0.3) is 0 Å². The van der Waals surface area contributed by atoms with Crippen molar-refractivity contribution in [3.05, 3.63) is 29.3 Å². The van der Waals surface area contributed by atoms with Gasteiger partial charge in [-0.05, 0) is 18.6 Å². The Balaban J connectivity index is 2.69. The molecule has 1 N–H and O–H groups in total. The Morgan fingerprint density at radius 2 is 2.00 bits per heavy atom. The molecule has 6 heteroatoms. The van der Waals surface area contributed by atoms with E-state index in [9.17, 15) is 13.6 Å². The van der Waals surface area contributed by atoms with Crippen LogP contribution in [0.5, 0.6) is 0 Å². The Morgan fingerprint density at radius 3 is 2.47 bits per heavy atom. The third-order valence-electron chi connectivity index (χ3n) is 2.57. The van der Waals surface area contributed by atoms with Gasteiger partial charge in [0.15, 0.2) is 11.6 Å². The first-order chi connectivity index (χ1) is 8.95. The molecular weight excluding hydrogens is 252 g/mol. The zero-order valence-corrected chi connectivity index (χ0v) is 10.8. The summed E-state index contributed by atoms with van der Waals surface area (Å²) in [5.41, 5.74) is -0.216. The number of halogens is 2. The lowest BCUT2D eigenvalue weighted by atomic mass is 10.2. The summed E-state index contributed by atoms with van der Waals surface area (Å²) < 4.78 is 27.4. The number of nitrogens with zero attached hydrogens (tertiary/aromatic N) is 2. The fourth-order valence-corrected chi connectivity index (χ4v) is 1.69. The van der Waals surface area contributed by atoms with Crippen molar-refractivity contribution in [2.24, 2.45) is 0 Å². The average Bonchev–Trinajstić information content (AvgIpc) is 2.33. The molecule has 19 heavy (non-hydrogen) atoms. The van der Waals surface area contributed by atoms with E-state index in [-0.39, 0.29) is 17.2 Å². The normalized spacial score (nSPS) is 9.84. The number of hydrogen-bond donors (Lipinski definition) is 1. The van der Waals surface area contributed by atoms with Gasteiger partial charge in [-0.15, -0.1) is 0 Å². The van der Waals surface area contributed by atoms with E-state index in [1.165, 1.54) is 11.8 Å². The smallest absolute Gasteiger partial charge is 0.216 e. The van der Waals surface area contributed by atoms with E-state index in [1.54, 1.807) is 13.1 Å². The van der Waals surface area contributed by atoms with E-state index in [4.69, 9.17) is 5.26 Å². The van der Waals surface area contributed by atoms with E-state index >= 15 is 0 Å². The lowest BCUT2D eigenvalue weighted by molar-refractivity contribution is -0.118. The molecule has 0 aromatic heterocycles. The summed E-state index contributed by atoms with van der Waals surface area (Å²) in [6.45, 7) is 2.24. The fourth-order valence-electron chi connectivity index (χ4n) is 1.69. The van der Waals surface area contributed by atoms with Gasteiger partial charge in [0.05, 0.1) is 11.6 Å². The maximum atomic E-state index is 13.7. The van der Waals surface area contributed by atoms with Crippen LogP contribution in [-0.4, -0.2) is 26.0 Å². The average molecular weight is 267 g/mol. The summed E-state index contributed by atoms with van der Waals surface area (Å²) in [7, 11) is 1.56. The molecule has 0 bridgehead atoms. The van der Waals surface area contributed by atoms with E-state index in [2.05, 4.69) is 5.32 Å². The molecule has 0 aliphatic carbocycles. The first kappa shape index (κ1) is 14.9. The molecule has 1 aromatic rings. The van der Waals surface area contributed by atoms with Crippen LogP contribution < -0.4 is 10.2 Å². The van der Waals surface area contributed by atoms with Gasteiger partial charge >= 0.3 is 0 Å². The minimum Gasteiger partial charge on any atom is -0.370 e. The van der Waals surface area contributed by atoms with Gasteiger partial charge in [-0.2, -0.15) is 5.26 Å². The molecule has 1 rings (SSSR count). The Kier molecular flexibility index (Phi) is 5.24. The van der Waals surface area contributed by atoms with Crippen LogP contribution in [-0.2, 0) is 4.79 Å². The lowest BCUT2D eigenvalue weighted by Gasteiger charge is -2.20. The highest BCUT2D eigenvalue weighted by molar-refractivity contribution is 5.72. The number of hydrogen-bond acceptors (Lipinski definition) is 3. The minimum atomic E-state index is -0.765. The van der Waals surface area contributed by atoms with Crippen LogP contribution >= 0.6 is 0 Å². The van der Waals surface area contributed by atoms with Crippen LogP contribution in [0.2, 0.25) is 0 Å². The molecule has 0 spiro atoms. The van der Waals surface area contributed by atoms with Crippen molar-refractivity contribution in [1.29, 1.82) is 5.26 Å². The second-order valence-electron chi connectivity index (χ2n) is 4.16. The van der Waals surface area contributed by atoms with Gasteiger partial charge in [0.1, 0.15) is 5.69 Å². The molecule has 0 saturated carbocycles. The summed E-state index contributed by atoms with van der Waals surface area (Å²) in [6.07, 6.45) is 0.564. The van der Waals surface area contributed by atoms with Crippen LogP contribution in [0.15, 0.2) is 12.1 Å². The Morgan fingerprint density at radius 1 is 1.42 bits per heavy atom. The molecule has 0 heterocycles. The zero-order chi connectivity index (χ0) is 14.4. The van der Waals surface area contributed by atoms with Gasteiger partial charge in [0, 0.05) is 27.1 Å². The standard InChI is InChI=1S/C13H15F2N3O/c1-9(19)17-4-3-5-18(2)13-11(14)6-10(8-16)7-12(13)15/h6-7H,3-5H2,1-2H3,(H,17,19). The van der Waals surface area contributed by atoms with Gasteiger partial charge < -0.3 is 10.2 Å². The predicted octanol–water partition coefficient (Wildman–Crippen LogP) is 1.80. The Labute approximate surface area is 110 Å². The molecule has 0 saturated heterocycles. The Bertz CT molecular complexity index is 488. The molecule has 4 nitrogen and oxygen atoms in total. The highest BCUT2D eigenvalue weighted by atomic mass is 19.1. The van der Waals surface area contributed by atoms with Gasteiger partial charge in [-0.3, -0.25) is 4.79 Å². The number of amides is 1. The van der Waals surface area contributed by atoms with Crippen LogP contribution in [0, 0.1) is 23.0 Å². The van der Waals surface area contributed by atoms with Crippen molar-refractivity contribution in [3.63, 3.8) is 0 Å². The molecule has 0 aliphatic heterocycles. The fraction of sp³-hybridized carbons (Fsp3) is 0.385. The maximum absolute atomic E-state index is 13.7. The maximum Gasteiger partial charge on any atom is 0.216 e. The minimum absolute atomic E-state index is 0.0506. The molecule has 0 aliphatic rings. The highest BCUT2D eigenvalue weighted by Gasteiger charge is 2.15. The number of nitrogens with one attached hydrogen (secondary N) is 1. The largest absolute Gasteiger partial charge is 0.370 e. The number of rotatable bonds is 5. The van der Waals surface area contributed by atoms with Crippen LogP contribution in [0.3, 0.4) is 0 Å². The molecule has 0 fully saturated rings. The summed E-state index contributed by atoms with van der Waals surface area (Å²) in [5.74, 6) is -1.67. The first-order valence-electron chi connectivity index (χ1n) is 5.80. The van der Waals surface area contributed by atoms with Crippen molar-refractivity contribution in [2.75, 3.05) is 25.0 Å². The molecule has 0 unspecified atom stereocenters. The summed E-state index contributed by atoms with van der Waals surface area (Å²) in [4.78, 5) is 12.1. The third-order valence-corrected chi connectivity index (χ3v) is 2.57. The third kappa shape index (κ3) is 4.21. The van der Waals surface area contributed by atoms with E-state index in [1.807, 2.05) is 0 Å². The molecule has 102 valence electrons. The van der Waals surface area contributed by atoms with Gasteiger partial charge in [-0.1, -0.05) is 0 Å². The SMILES string of the molecule is CC(=O)NCCCN(C)c1c(F)cc(C#N)cc1F. The van der Waals surface area contributed by atoms with Crippen molar-refractivity contribution in [2.45, 2.75) is 13.3 Å². The van der Waals surface area contributed by atoms with Gasteiger partial charge in [-0.25, -0.2) is 8.78 Å². The Hall–Kier alpha value is -2.16. The lowest BCUT2D eigenvalue weighted by Crippen LogP contribution is -2.27. The number of nitriles is 1. The topological polar surface area (TPSA) is 56.1 Å². The first-order valence-corrected chi connectivity index (χ1v) is 5.80. The highest BCUT2D eigenvalue weighted by Crippen LogP contribution is 2.23. The molecule has 1 amide bonds. The van der Waals surface area contributed by atoms with Crippen molar-refractivity contribution in [1.82, 2.24) is 5.32 Å². The quantitative estimate of drug-likeness (QED) is 0.828. The van der Waals surface area contributed by atoms with Crippen molar-refractivity contribution >= 4 is 11.6 Å². The van der Waals surface area contributed by atoms with Gasteiger partial charge in [0.2, 0.25) is 5.91 Å². The summed E-state index contributed by atoms with van der Waals surface area (Å²) in [6, 6.07) is 3.70. The zero-order valence-electron chi connectivity index (χ0n) is 10.8. The van der Waals surface area contributed by atoms with Crippen LogP contribution in [0.4, 0.5) is 14.5 Å². The summed E-state index contributed by atoms with van der Waals surface area (Å²) in [5, 5.41) is 11.2. The molecule has 0 radical (unpaired) electrons.